The number of aromatic nitrogens is 1. The number of nitrogens with one attached hydrogen (secondary N) is 1. The van der Waals surface area contributed by atoms with E-state index in [1.165, 1.54) is 0 Å². The summed E-state index contributed by atoms with van der Waals surface area (Å²) in [4.78, 5) is 18.6. The van der Waals surface area contributed by atoms with Crippen LogP contribution in [-0.4, -0.2) is 29.9 Å². The van der Waals surface area contributed by atoms with Gasteiger partial charge in [0, 0.05) is 41.8 Å². The van der Waals surface area contributed by atoms with Crippen molar-refractivity contribution in [1.29, 1.82) is 0 Å². The van der Waals surface area contributed by atoms with Gasteiger partial charge in [0.2, 0.25) is 0 Å². The molecular formula is C20H20ClN3O. The molecule has 0 saturated carbocycles. The van der Waals surface area contributed by atoms with Gasteiger partial charge in [0.1, 0.15) is 5.82 Å². The zero-order valence-electron chi connectivity index (χ0n) is 14.7. The normalized spacial score (nSPS) is 10.8. The third kappa shape index (κ3) is 3.30. The Morgan fingerprint density at radius 2 is 1.88 bits per heavy atom. The van der Waals surface area contributed by atoms with Gasteiger partial charge >= 0.3 is 0 Å². The van der Waals surface area contributed by atoms with Gasteiger partial charge in [-0.25, -0.2) is 4.98 Å². The number of amides is 1. The summed E-state index contributed by atoms with van der Waals surface area (Å²) in [7, 11) is 3.49. The monoisotopic (exact) mass is 353 g/mol. The van der Waals surface area contributed by atoms with E-state index < -0.39 is 0 Å². The Hall–Kier alpha value is -2.59. The zero-order chi connectivity index (χ0) is 18.1. The van der Waals surface area contributed by atoms with Crippen molar-refractivity contribution in [3.05, 3.63) is 64.3 Å². The third-order valence-electron chi connectivity index (χ3n) is 4.21. The minimum absolute atomic E-state index is 0.0581. The number of carbonyl (C=O) groups excluding carboxylic acids is 1. The summed E-state index contributed by atoms with van der Waals surface area (Å²) in [6.07, 6.45) is 1.64. The first-order valence-electron chi connectivity index (χ1n) is 8.01. The van der Waals surface area contributed by atoms with Gasteiger partial charge < -0.3 is 10.2 Å². The third-order valence-corrected chi connectivity index (χ3v) is 4.44. The Morgan fingerprint density at radius 1 is 1.12 bits per heavy atom. The van der Waals surface area contributed by atoms with E-state index >= 15 is 0 Å². The highest BCUT2D eigenvalue weighted by molar-refractivity contribution is 6.30. The number of pyridine rings is 1. The van der Waals surface area contributed by atoms with E-state index in [2.05, 4.69) is 10.3 Å². The molecule has 1 N–H and O–H groups in total. The standard InChI is InChI=1S/C20H20ClN3O/c1-12-8-9-14(21)10-17(12)23-19-15-7-5-6-13(2)18(15)16(11-22-19)20(25)24(3)4/h5-11H,1-4H3,(H,22,23). The number of anilines is 2. The fourth-order valence-electron chi connectivity index (χ4n) is 2.84. The number of hydrogen-bond donors (Lipinski definition) is 1. The van der Waals surface area contributed by atoms with E-state index in [9.17, 15) is 4.79 Å². The van der Waals surface area contributed by atoms with Crippen LogP contribution in [-0.2, 0) is 0 Å². The molecule has 3 aromatic rings. The predicted octanol–water partition coefficient (Wildman–Crippen LogP) is 4.95. The SMILES string of the molecule is Cc1ccc(Cl)cc1Nc1ncc(C(=O)N(C)C)c2c(C)cccc12. The van der Waals surface area contributed by atoms with Crippen molar-refractivity contribution in [2.45, 2.75) is 13.8 Å². The summed E-state index contributed by atoms with van der Waals surface area (Å²) in [5.41, 5.74) is 3.61. The van der Waals surface area contributed by atoms with Crippen LogP contribution in [0.2, 0.25) is 5.02 Å². The van der Waals surface area contributed by atoms with E-state index in [1.54, 1.807) is 25.2 Å². The molecule has 0 aliphatic rings. The van der Waals surface area contributed by atoms with E-state index in [0.29, 0.717) is 16.4 Å². The summed E-state index contributed by atoms with van der Waals surface area (Å²) in [6, 6.07) is 11.6. The Labute approximate surface area is 152 Å². The minimum Gasteiger partial charge on any atom is -0.345 e. The lowest BCUT2D eigenvalue weighted by molar-refractivity contribution is 0.0829. The molecule has 1 aromatic heterocycles. The number of aryl methyl sites for hydroxylation is 2. The number of nitrogens with zero attached hydrogens (tertiary/aromatic N) is 2. The molecule has 0 atom stereocenters. The lowest BCUT2D eigenvalue weighted by Gasteiger charge is -2.17. The van der Waals surface area contributed by atoms with Crippen molar-refractivity contribution in [3.8, 4) is 0 Å². The quantitative estimate of drug-likeness (QED) is 0.724. The number of rotatable bonds is 3. The summed E-state index contributed by atoms with van der Waals surface area (Å²) in [6.45, 7) is 4.01. The van der Waals surface area contributed by atoms with Crippen LogP contribution in [0.3, 0.4) is 0 Å². The van der Waals surface area contributed by atoms with Crippen molar-refractivity contribution < 1.29 is 4.79 Å². The predicted molar refractivity (Wildman–Crippen MR) is 104 cm³/mol. The zero-order valence-corrected chi connectivity index (χ0v) is 15.5. The number of fused-ring (bicyclic) bond motifs is 1. The molecule has 3 rings (SSSR count). The van der Waals surface area contributed by atoms with Gasteiger partial charge in [0.15, 0.2) is 0 Å². The second-order valence-corrected chi connectivity index (χ2v) is 6.74. The largest absolute Gasteiger partial charge is 0.345 e. The van der Waals surface area contributed by atoms with Crippen LogP contribution in [0.5, 0.6) is 0 Å². The van der Waals surface area contributed by atoms with Crippen molar-refractivity contribution in [2.75, 3.05) is 19.4 Å². The highest BCUT2D eigenvalue weighted by Crippen LogP contribution is 2.31. The van der Waals surface area contributed by atoms with Gasteiger partial charge in [-0.05, 0) is 37.1 Å². The van der Waals surface area contributed by atoms with Crippen LogP contribution in [0.4, 0.5) is 11.5 Å². The van der Waals surface area contributed by atoms with E-state index in [1.807, 2.05) is 50.2 Å². The second kappa shape index (κ2) is 6.73. The molecule has 5 heteroatoms. The van der Waals surface area contributed by atoms with Crippen LogP contribution < -0.4 is 5.32 Å². The summed E-state index contributed by atoms with van der Waals surface area (Å²) < 4.78 is 0. The highest BCUT2D eigenvalue weighted by atomic mass is 35.5. The molecule has 0 fully saturated rings. The molecule has 0 unspecified atom stereocenters. The molecule has 0 radical (unpaired) electrons. The van der Waals surface area contributed by atoms with Gasteiger partial charge in [-0.1, -0.05) is 35.9 Å². The molecule has 0 aliphatic carbocycles. The van der Waals surface area contributed by atoms with E-state index in [-0.39, 0.29) is 5.91 Å². The Kier molecular flexibility index (Phi) is 4.64. The first-order valence-corrected chi connectivity index (χ1v) is 8.39. The maximum atomic E-state index is 12.5. The van der Waals surface area contributed by atoms with Crippen LogP contribution in [0, 0.1) is 13.8 Å². The molecule has 25 heavy (non-hydrogen) atoms. The van der Waals surface area contributed by atoms with Crippen LogP contribution >= 0.6 is 11.6 Å². The van der Waals surface area contributed by atoms with Crippen LogP contribution in [0.25, 0.3) is 10.8 Å². The maximum Gasteiger partial charge on any atom is 0.255 e. The van der Waals surface area contributed by atoms with Gasteiger partial charge in [-0.2, -0.15) is 0 Å². The lowest BCUT2D eigenvalue weighted by atomic mass is 10.0. The second-order valence-electron chi connectivity index (χ2n) is 6.30. The van der Waals surface area contributed by atoms with Crippen LogP contribution in [0.15, 0.2) is 42.6 Å². The average molecular weight is 354 g/mol. The summed E-state index contributed by atoms with van der Waals surface area (Å²) >= 11 is 6.12. The summed E-state index contributed by atoms with van der Waals surface area (Å²) in [5, 5.41) is 5.84. The minimum atomic E-state index is -0.0581. The lowest BCUT2D eigenvalue weighted by Crippen LogP contribution is -2.22. The number of carbonyl (C=O) groups is 1. The molecule has 128 valence electrons. The van der Waals surface area contributed by atoms with E-state index in [0.717, 1.165) is 27.6 Å². The Bertz CT molecular complexity index is 967. The Balaban J connectivity index is 2.18. The van der Waals surface area contributed by atoms with E-state index in [4.69, 9.17) is 11.6 Å². The van der Waals surface area contributed by atoms with Crippen molar-refractivity contribution in [2.24, 2.45) is 0 Å². The number of benzene rings is 2. The molecule has 0 aliphatic heterocycles. The number of hydrogen-bond acceptors (Lipinski definition) is 3. The number of halogens is 1. The fourth-order valence-corrected chi connectivity index (χ4v) is 3.02. The van der Waals surface area contributed by atoms with Gasteiger partial charge in [0.05, 0.1) is 5.56 Å². The molecule has 0 bridgehead atoms. The van der Waals surface area contributed by atoms with Crippen molar-refractivity contribution in [1.82, 2.24) is 9.88 Å². The highest BCUT2D eigenvalue weighted by Gasteiger charge is 2.17. The molecule has 0 saturated heterocycles. The molecule has 1 amide bonds. The Morgan fingerprint density at radius 3 is 2.60 bits per heavy atom. The molecule has 2 aromatic carbocycles. The summed E-state index contributed by atoms with van der Waals surface area (Å²) in [5.74, 6) is 0.650. The molecule has 4 nitrogen and oxygen atoms in total. The molecular weight excluding hydrogens is 334 g/mol. The van der Waals surface area contributed by atoms with Gasteiger partial charge in [0.25, 0.3) is 5.91 Å². The molecule has 0 spiro atoms. The van der Waals surface area contributed by atoms with Gasteiger partial charge in [-0.3, -0.25) is 4.79 Å². The first kappa shape index (κ1) is 17.2. The smallest absolute Gasteiger partial charge is 0.255 e. The first-order chi connectivity index (χ1) is 11.9. The van der Waals surface area contributed by atoms with Crippen molar-refractivity contribution in [3.63, 3.8) is 0 Å². The average Bonchev–Trinajstić information content (AvgIpc) is 2.58. The van der Waals surface area contributed by atoms with Crippen molar-refractivity contribution >= 4 is 39.8 Å². The van der Waals surface area contributed by atoms with Crippen LogP contribution in [0.1, 0.15) is 21.5 Å². The maximum absolute atomic E-state index is 12.5. The molecule has 1 heterocycles. The topological polar surface area (TPSA) is 45.2 Å². The van der Waals surface area contributed by atoms with Gasteiger partial charge in [-0.15, -0.1) is 0 Å². The fraction of sp³-hybridized carbons (Fsp3) is 0.200.